The van der Waals surface area contributed by atoms with Gasteiger partial charge in [0.1, 0.15) is 6.54 Å². The molecule has 0 aliphatic heterocycles. The zero-order valence-electron chi connectivity index (χ0n) is 11.3. The Morgan fingerprint density at radius 3 is 2.39 bits per heavy atom. The normalized spacial score (nSPS) is 13.6. The third-order valence-electron chi connectivity index (χ3n) is 3.11. The quantitative estimate of drug-likeness (QED) is 0.653. The molecule has 102 valence electrons. The van der Waals surface area contributed by atoms with Gasteiger partial charge in [0.25, 0.3) is 0 Å². The first-order chi connectivity index (χ1) is 8.49. The van der Waals surface area contributed by atoms with Gasteiger partial charge in [0.2, 0.25) is 5.91 Å². The SMILES string of the molecule is CC(C)CCC(CCC(=O)NCC(=O)O)=C1CC1. The van der Waals surface area contributed by atoms with E-state index in [1.807, 2.05) is 0 Å². The molecule has 0 aromatic heterocycles. The third-order valence-corrected chi connectivity index (χ3v) is 3.11. The van der Waals surface area contributed by atoms with E-state index in [1.165, 1.54) is 24.0 Å². The molecule has 0 saturated heterocycles. The van der Waals surface area contributed by atoms with E-state index in [2.05, 4.69) is 19.2 Å². The van der Waals surface area contributed by atoms with Crippen LogP contribution < -0.4 is 5.32 Å². The third kappa shape index (κ3) is 6.42. The van der Waals surface area contributed by atoms with Crippen LogP contribution in [0.3, 0.4) is 0 Å². The Labute approximate surface area is 108 Å². The second-order valence-corrected chi connectivity index (χ2v) is 5.31. The van der Waals surface area contributed by atoms with Crippen molar-refractivity contribution in [2.45, 2.75) is 52.4 Å². The minimum atomic E-state index is -0.996. The van der Waals surface area contributed by atoms with Crippen LogP contribution in [0.5, 0.6) is 0 Å². The minimum Gasteiger partial charge on any atom is -0.480 e. The molecule has 1 saturated carbocycles. The molecule has 1 amide bonds. The fourth-order valence-electron chi connectivity index (χ4n) is 1.88. The lowest BCUT2D eigenvalue weighted by molar-refractivity contribution is -0.137. The molecular weight excluding hydrogens is 230 g/mol. The maximum Gasteiger partial charge on any atom is 0.322 e. The van der Waals surface area contributed by atoms with Gasteiger partial charge in [0, 0.05) is 6.42 Å². The number of carbonyl (C=O) groups is 2. The van der Waals surface area contributed by atoms with Crippen molar-refractivity contribution in [3.05, 3.63) is 11.1 Å². The highest BCUT2D eigenvalue weighted by Crippen LogP contribution is 2.36. The van der Waals surface area contributed by atoms with E-state index in [0.717, 1.165) is 19.3 Å². The first-order valence-electron chi connectivity index (χ1n) is 6.67. The summed E-state index contributed by atoms with van der Waals surface area (Å²) in [7, 11) is 0. The van der Waals surface area contributed by atoms with Crippen molar-refractivity contribution in [3.8, 4) is 0 Å². The lowest BCUT2D eigenvalue weighted by Crippen LogP contribution is -2.29. The van der Waals surface area contributed by atoms with E-state index in [4.69, 9.17) is 5.11 Å². The summed E-state index contributed by atoms with van der Waals surface area (Å²) < 4.78 is 0. The van der Waals surface area contributed by atoms with Crippen molar-refractivity contribution >= 4 is 11.9 Å². The second-order valence-electron chi connectivity index (χ2n) is 5.31. The number of hydrogen-bond acceptors (Lipinski definition) is 2. The largest absolute Gasteiger partial charge is 0.480 e. The van der Waals surface area contributed by atoms with E-state index in [0.29, 0.717) is 12.3 Å². The zero-order valence-corrected chi connectivity index (χ0v) is 11.3. The lowest BCUT2D eigenvalue weighted by Gasteiger charge is -2.09. The minimum absolute atomic E-state index is 0.166. The summed E-state index contributed by atoms with van der Waals surface area (Å²) in [5.74, 6) is -0.482. The lowest BCUT2D eigenvalue weighted by atomic mass is 9.98. The summed E-state index contributed by atoms with van der Waals surface area (Å²) >= 11 is 0. The molecule has 4 nitrogen and oxygen atoms in total. The topological polar surface area (TPSA) is 66.4 Å². The second kappa shape index (κ2) is 7.19. The molecule has 0 spiro atoms. The van der Waals surface area contributed by atoms with Crippen molar-refractivity contribution < 1.29 is 14.7 Å². The first kappa shape index (κ1) is 14.7. The molecule has 1 aliphatic rings. The van der Waals surface area contributed by atoms with E-state index < -0.39 is 5.97 Å². The van der Waals surface area contributed by atoms with Crippen LogP contribution in [-0.4, -0.2) is 23.5 Å². The summed E-state index contributed by atoms with van der Waals surface area (Å²) in [6.45, 7) is 4.13. The molecule has 4 heteroatoms. The van der Waals surface area contributed by atoms with Crippen molar-refractivity contribution in [2.75, 3.05) is 6.54 Å². The molecule has 0 atom stereocenters. The average molecular weight is 253 g/mol. The monoisotopic (exact) mass is 253 g/mol. The Balaban J connectivity index is 2.28. The zero-order chi connectivity index (χ0) is 13.5. The van der Waals surface area contributed by atoms with E-state index in [9.17, 15) is 9.59 Å². The number of carbonyl (C=O) groups excluding carboxylic acids is 1. The van der Waals surface area contributed by atoms with Crippen LogP contribution in [0.25, 0.3) is 0 Å². The van der Waals surface area contributed by atoms with Gasteiger partial charge < -0.3 is 10.4 Å². The molecule has 1 fully saturated rings. The number of aliphatic carboxylic acids is 1. The highest BCUT2D eigenvalue weighted by Gasteiger charge is 2.18. The number of nitrogens with one attached hydrogen (secondary N) is 1. The summed E-state index contributed by atoms with van der Waals surface area (Å²) in [6.07, 6.45) is 5.81. The summed E-state index contributed by atoms with van der Waals surface area (Å²) in [5.41, 5.74) is 2.94. The van der Waals surface area contributed by atoms with Crippen molar-refractivity contribution in [3.63, 3.8) is 0 Å². The Morgan fingerprint density at radius 2 is 1.89 bits per heavy atom. The smallest absolute Gasteiger partial charge is 0.322 e. The molecule has 0 radical (unpaired) electrons. The number of hydrogen-bond donors (Lipinski definition) is 2. The van der Waals surface area contributed by atoms with Crippen LogP contribution >= 0.6 is 0 Å². The van der Waals surface area contributed by atoms with Gasteiger partial charge in [0.05, 0.1) is 0 Å². The van der Waals surface area contributed by atoms with Gasteiger partial charge in [-0.05, 0) is 38.0 Å². The highest BCUT2D eigenvalue weighted by molar-refractivity contribution is 5.81. The Kier molecular flexibility index (Phi) is 5.89. The van der Waals surface area contributed by atoms with Crippen molar-refractivity contribution in [1.82, 2.24) is 5.32 Å². The Bertz CT molecular complexity index is 339. The number of allylic oxidation sites excluding steroid dienone is 2. The van der Waals surface area contributed by atoms with E-state index in [-0.39, 0.29) is 12.5 Å². The van der Waals surface area contributed by atoms with Gasteiger partial charge >= 0.3 is 5.97 Å². The van der Waals surface area contributed by atoms with E-state index in [1.54, 1.807) is 0 Å². The first-order valence-corrected chi connectivity index (χ1v) is 6.67. The molecule has 1 rings (SSSR count). The maximum atomic E-state index is 11.4. The average Bonchev–Trinajstić information content (AvgIpc) is 3.10. The van der Waals surface area contributed by atoms with Crippen LogP contribution in [0, 0.1) is 5.92 Å². The summed E-state index contributed by atoms with van der Waals surface area (Å²) in [6, 6.07) is 0. The Hall–Kier alpha value is -1.32. The van der Waals surface area contributed by atoms with Crippen LogP contribution in [-0.2, 0) is 9.59 Å². The molecule has 0 unspecified atom stereocenters. The molecular formula is C14H23NO3. The number of carboxylic acids is 1. The summed E-state index contributed by atoms with van der Waals surface area (Å²) in [5, 5.41) is 10.9. The number of amides is 1. The van der Waals surface area contributed by atoms with Crippen LogP contribution in [0.4, 0.5) is 0 Å². The van der Waals surface area contributed by atoms with E-state index >= 15 is 0 Å². The predicted octanol–water partition coefficient (Wildman–Crippen LogP) is 2.49. The fourth-order valence-corrected chi connectivity index (χ4v) is 1.88. The van der Waals surface area contributed by atoms with Crippen LogP contribution in [0.15, 0.2) is 11.1 Å². The molecule has 1 aliphatic carbocycles. The fraction of sp³-hybridized carbons (Fsp3) is 0.714. The van der Waals surface area contributed by atoms with Gasteiger partial charge in [-0.1, -0.05) is 25.0 Å². The molecule has 2 N–H and O–H groups in total. The maximum absolute atomic E-state index is 11.4. The standard InChI is InChI=1S/C14H23NO3/c1-10(2)3-4-11(12-5-6-12)7-8-13(16)15-9-14(17)18/h10H,3-9H2,1-2H3,(H,15,16)(H,17,18). The van der Waals surface area contributed by atoms with Gasteiger partial charge in [-0.25, -0.2) is 0 Å². The molecule has 0 aromatic rings. The molecule has 0 heterocycles. The molecule has 18 heavy (non-hydrogen) atoms. The number of carboxylic acid groups (broad SMARTS) is 1. The van der Waals surface area contributed by atoms with Gasteiger partial charge in [0.15, 0.2) is 0 Å². The molecule has 0 aromatic carbocycles. The van der Waals surface area contributed by atoms with Crippen molar-refractivity contribution in [1.29, 1.82) is 0 Å². The predicted molar refractivity (Wildman–Crippen MR) is 70.2 cm³/mol. The van der Waals surface area contributed by atoms with Gasteiger partial charge in [-0.15, -0.1) is 0 Å². The Morgan fingerprint density at radius 1 is 1.22 bits per heavy atom. The van der Waals surface area contributed by atoms with Crippen LogP contribution in [0.2, 0.25) is 0 Å². The van der Waals surface area contributed by atoms with Gasteiger partial charge in [-0.2, -0.15) is 0 Å². The summed E-state index contributed by atoms with van der Waals surface area (Å²) in [4.78, 5) is 21.7. The van der Waals surface area contributed by atoms with Crippen LogP contribution in [0.1, 0.15) is 52.4 Å². The number of rotatable bonds is 8. The van der Waals surface area contributed by atoms with Gasteiger partial charge in [-0.3, -0.25) is 9.59 Å². The van der Waals surface area contributed by atoms with Crippen molar-refractivity contribution in [2.24, 2.45) is 5.92 Å². The molecule has 0 bridgehead atoms. The highest BCUT2D eigenvalue weighted by atomic mass is 16.4.